The average molecular weight is 348 g/mol. The van der Waals surface area contributed by atoms with Gasteiger partial charge < -0.3 is 10.2 Å². The van der Waals surface area contributed by atoms with Gasteiger partial charge in [-0.15, -0.1) is 0 Å². The van der Waals surface area contributed by atoms with Crippen LogP contribution in [0.3, 0.4) is 0 Å². The van der Waals surface area contributed by atoms with Gasteiger partial charge in [0, 0.05) is 19.8 Å². The Kier molecular flexibility index (Phi) is 4.98. The molecule has 19 heavy (non-hydrogen) atoms. The van der Waals surface area contributed by atoms with Crippen molar-refractivity contribution < 1.29 is 9.59 Å². The Hall–Kier alpha value is -1.07. The minimum Gasteiger partial charge on any atom is -0.345 e. The summed E-state index contributed by atoms with van der Waals surface area (Å²) in [7, 11) is 3.29. The minimum atomic E-state index is -0.682. The molecule has 0 saturated heterocycles. The van der Waals surface area contributed by atoms with Gasteiger partial charge in [-0.1, -0.05) is 27.5 Å². The van der Waals surface area contributed by atoms with E-state index < -0.39 is 4.32 Å². The van der Waals surface area contributed by atoms with E-state index in [9.17, 15) is 9.59 Å². The molecule has 6 heteroatoms. The van der Waals surface area contributed by atoms with E-state index in [0.29, 0.717) is 16.3 Å². The SMILES string of the molecule is CN(C)C(=O)c1cc(NC(=O)C(C)(C)Br)ccc1Cl. The summed E-state index contributed by atoms with van der Waals surface area (Å²) in [6.45, 7) is 3.48. The van der Waals surface area contributed by atoms with Crippen molar-refractivity contribution in [1.82, 2.24) is 4.90 Å². The van der Waals surface area contributed by atoms with Crippen LogP contribution in [0.15, 0.2) is 18.2 Å². The molecule has 4 nitrogen and oxygen atoms in total. The monoisotopic (exact) mass is 346 g/mol. The maximum absolute atomic E-state index is 11.9. The number of benzene rings is 1. The highest BCUT2D eigenvalue weighted by Gasteiger charge is 2.24. The van der Waals surface area contributed by atoms with E-state index in [1.165, 1.54) is 4.90 Å². The fraction of sp³-hybridized carbons (Fsp3) is 0.385. The van der Waals surface area contributed by atoms with Gasteiger partial charge >= 0.3 is 0 Å². The molecule has 1 aromatic rings. The Morgan fingerprint density at radius 2 is 1.89 bits per heavy atom. The molecule has 0 aliphatic heterocycles. The van der Waals surface area contributed by atoms with Crippen LogP contribution in [-0.2, 0) is 4.79 Å². The molecule has 0 atom stereocenters. The van der Waals surface area contributed by atoms with E-state index in [0.717, 1.165) is 0 Å². The van der Waals surface area contributed by atoms with Crippen LogP contribution in [0, 0.1) is 0 Å². The molecule has 0 aromatic heterocycles. The number of amides is 2. The molecule has 0 fully saturated rings. The molecular weight excluding hydrogens is 332 g/mol. The van der Waals surface area contributed by atoms with Gasteiger partial charge in [-0.05, 0) is 32.0 Å². The van der Waals surface area contributed by atoms with E-state index in [4.69, 9.17) is 11.6 Å². The largest absolute Gasteiger partial charge is 0.345 e. The smallest absolute Gasteiger partial charge is 0.254 e. The summed E-state index contributed by atoms with van der Waals surface area (Å²) in [5.74, 6) is -0.405. The minimum absolute atomic E-state index is 0.196. The molecule has 0 unspecified atom stereocenters. The van der Waals surface area contributed by atoms with E-state index in [1.54, 1.807) is 46.1 Å². The Morgan fingerprint density at radius 1 is 1.32 bits per heavy atom. The third kappa shape index (κ3) is 4.21. The van der Waals surface area contributed by atoms with Crippen LogP contribution in [0.2, 0.25) is 5.02 Å². The maximum atomic E-state index is 11.9. The Morgan fingerprint density at radius 3 is 2.37 bits per heavy atom. The van der Waals surface area contributed by atoms with Crippen LogP contribution in [0.1, 0.15) is 24.2 Å². The zero-order valence-electron chi connectivity index (χ0n) is 11.3. The lowest BCUT2D eigenvalue weighted by atomic mass is 10.1. The van der Waals surface area contributed by atoms with Crippen LogP contribution < -0.4 is 5.32 Å². The number of rotatable bonds is 3. The number of carbonyl (C=O) groups excluding carboxylic acids is 2. The molecule has 0 saturated carbocycles. The van der Waals surface area contributed by atoms with Crippen molar-refractivity contribution in [3.63, 3.8) is 0 Å². The lowest BCUT2D eigenvalue weighted by Gasteiger charge is -2.17. The number of hydrogen-bond donors (Lipinski definition) is 1. The number of anilines is 1. The van der Waals surface area contributed by atoms with Crippen molar-refractivity contribution >= 4 is 45.0 Å². The van der Waals surface area contributed by atoms with Gasteiger partial charge in [0.15, 0.2) is 0 Å². The van der Waals surface area contributed by atoms with Gasteiger partial charge in [-0.2, -0.15) is 0 Å². The molecule has 2 amide bonds. The molecule has 0 bridgehead atoms. The molecule has 1 rings (SSSR count). The van der Waals surface area contributed by atoms with Crippen molar-refractivity contribution in [3.05, 3.63) is 28.8 Å². The second kappa shape index (κ2) is 5.92. The van der Waals surface area contributed by atoms with Gasteiger partial charge in [0.05, 0.1) is 14.9 Å². The number of halogens is 2. The van der Waals surface area contributed by atoms with Crippen LogP contribution in [-0.4, -0.2) is 35.1 Å². The van der Waals surface area contributed by atoms with Gasteiger partial charge in [0.2, 0.25) is 5.91 Å². The third-order valence-corrected chi connectivity index (χ3v) is 3.09. The van der Waals surface area contributed by atoms with Crippen molar-refractivity contribution in [2.75, 3.05) is 19.4 Å². The molecule has 0 aliphatic carbocycles. The molecule has 0 spiro atoms. The Balaban J connectivity index is 3.04. The fourth-order valence-corrected chi connectivity index (χ4v) is 1.59. The molecule has 1 aromatic carbocycles. The first-order valence-corrected chi connectivity index (χ1v) is 6.81. The quantitative estimate of drug-likeness (QED) is 0.854. The summed E-state index contributed by atoms with van der Waals surface area (Å²) in [6.07, 6.45) is 0. The number of hydrogen-bond acceptors (Lipinski definition) is 2. The summed E-state index contributed by atoms with van der Waals surface area (Å²) in [6, 6.07) is 4.82. The zero-order chi connectivity index (χ0) is 14.8. The first kappa shape index (κ1) is 16.0. The molecular formula is C13H16BrClN2O2. The topological polar surface area (TPSA) is 49.4 Å². The van der Waals surface area contributed by atoms with Gasteiger partial charge in [0.25, 0.3) is 5.91 Å². The molecule has 104 valence electrons. The standard InChI is InChI=1S/C13H16BrClN2O2/c1-13(2,14)12(19)16-8-5-6-10(15)9(7-8)11(18)17(3)4/h5-7H,1-4H3,(H,16,19). The number of alkyl halides is 1. The van der Waals surface area contributed by atoms with E-state index in [2.05, 4.69) is 21.2 Å². The summed E-state index contributed by atoms with van der Waals surface area (Å²) in [5, 5.41) is 3.08. The second-order valence-corrected chi connectivity index (χ2v) is 7.21. The van der Waals surface area contributed by atoms with Crippen LogP contribution in [0.25, 0.3) is 0 Å². The highest BCUT2D eigenvalue weighted by molar-refractivity contribution is 9.10. The van der Waals surface area contributed by atoms with Crippen LogP contribution >= 0.6 is 27.5 Å². The first-order valence-electron chi connectivity index (χ1n) is 5.64. The van der Waals surface area contributed by atoms with Crippen molar-refractivity contribution in [1.29, 1.82) is 0 Å². The number of carbonyl (C=O) groups is 2. The lowest BCUT2D eigenvalue weighted by molar-refractivity contribution is -0.117. The van der Waals surface area contributed by atoms with Crippen LogP contribution in [0.4, 0.5) is 5.69 Å². The summed E-state index contributed by atoms with van der Waals surface area (Å²) in [4.78, 5) is 25.2. The van der Waals surface area contributed by atoms with Crippen molar-refractivity contribution in [2.45, 2.75) is 18.2 Å². The van der Waals surface area contributed by atoms with E-state index in [1.807, 2.05) is 0 Å². The molecule has 0 radical (unpaired) electrons. The lowest BCUT2D eigenvalue weighted by Crippen LogP contribution is -2.31. The fourth-order valence-electron chi connectivity index (χ4n) is 1.29. The average Bonchev–Trinajstić information content (AvgIpc) is 2.29. The summed E-state index contributed by atoms with van der Waals surface area (Å²) >= 11 is 9.27. The van der Waals surface area contributed by atoms with Crippen molar-refractivity contribution in [2.24, 2.45) is 0 Å². The Labute approximate surface area is 126 Å². The zero-order valence-corrected chi connectivity index (χ0v) is 13.6. The number of nitrogens with zero attached hydrogens (tertiary/aromatic N) is 1. The maximum Gasteiger partial charge on any atom is 0.254 e. The molecule has 1 N–H and O–H groups in total. The van der Waals surface area contributed by atoms with Crippen LogP contribution in [0.5, 0.6) is 0 Å². The highest BCUT2D eigenvalue weighted by Crippen LogP contribution is 2.24. The highest BCUT2D eigenvalue weighted by atomic mass is 79.9. The number of nitrogens with one attached hydrogen (secondary N) is 1. The molecule has 0 aliphatic rings. The summed E-state index contributed by atoms with van der Waals surface area (Å²) < 4.78 is -0.682. The van der Waals surface area contributed by atoms with Gasteiger partial charge in [0.1, 0.15) is 0 Å². The third-order valence-electron chi connectivity index (χ3n) is 2.40. The van der Waals surface area contributed by atoms with E-state index in [-0.39, 0.29) is 11.8 Å². The van der Waals surface area contributed by atoms with Gasteiger partial charge in [-0.25, -0.2) is 0 Å². The normalized spacial score (nSPS) is 11.1. The first-order chi connectivity index (χ1) is 8.62. The Bertz CT molecular complexity index is 510. The van der Waals surface area contributed by atoms with Crippen molar-refractivity contribution in [3.8, 4) is 0 Å². The second-order valence-electron chi connectivity index (χ2n) is 4.82. The summed E-state index contributed by atoms with van der Waals surface area (Å²) in [5.41, 5.74) is 0.893. The molecule has 0 heterocycles. The predicted octanol–water partition coefficient (Wildman–Crippen LogP) is 3.15. The van der Waals surface area contributed by atoms with Gasteiger partial charge in [-0.3, -0.25) is 9.59 Å². The predicted molar refractivity (Wildman–Crippen MR) is 81.1 cm³/mol. The van der Waals surface area contributed by atoms with E-state index >= 15 is 0 Å².